The van der Waals surface area contributed by atoms with Crippen LogP contribution in [0.2, 0.25) is 15.1 Å². The van der Waals surface area contributed by atoms with Crippen molar-refractivity contribution in [3.63, 3.8) is 0 Å². The minimum absolute atomic E-state index is 0.0729. The molecule has 0 bridgehead atoms. The molecule has 152 valence electrons. The van der Waals surface area contributed by atoms with Crippen LogP contribution in [-0.4, -0.2) is 54.3 Å². The van der Waals surface area contributed by atoms with Gasteiger partial charge in [0.15, 0.2) is 0 Å². The zero-order valence-corrected chi connectivity index (χ0v) is 17.8. The average molecular weight is 453 g/mol. The second-order valence-electron chi connectivity index (χ2n) is 6.64. The van der Waals surface area contributed by atoms with Crippen LogP contribution < -0.4 is 5.32 Å². The number of piperazine rings is 1. The first-order valence-electron chi connectivity index (χ1n) is 9.11. The van der Waals surface area contributed by atoms with Gasteiger partial charge in [0.1, 0.15) is 0 Å². The highest BCUT2D eigenvalue weighted by Crippen LogP contribution is 2.23. The standard InChI is InChI=1S/C21H20Cl3N3O2/c22-16-7-5-15(13-18(16)24)6-8-21(29)27-11-9-26(10-12-27)14-20(28)25-19-4-2-1-3-17(19)23/h1-8,13H,9-12,14H2,(H,25,28). The lowest BCUT2D eigenvalue weighted by molar-refractivity contribution is -0.127. The minimum Gasteiger partial charge on any atom is -0.337 e. The van der Waals surface area contributed by atoms with E-state index in [4.69, 9.17) is 34.8 Å². The quantitative estimate of drug-likeness (QED) is 0.682. The van der Waals surface area contributed by atoms with Crippen molar-refractivity contribution in [1.29, 1.82) is 0 Å². The fourth-order valence-corrected chi connectivity index (χ4v) is 3.46. The number of hydrogen-bond acceptors (Lipinski definition) is 3. The molecule has 5 nitrogen and oxygen atoms in total. The van der Waals surface area contributed by atoms with Crippen LogP contribution >= 0.6 is 34.8 Å². The third-order valence-corrected chi connectivity index (χ3v) is 5.63. The second-order valence-corrected chi connectivity index (χ2v) is 7.86. The van der Waals surface area contributed by atoms with Gasteiger partial charge in [-0.3, -0.25) is 14.5 Å². The smallest absolute Gasteiger partial charge is 0.246 e. The van der Waals surface area contributed by atoms with Gasteiger partial charge in [0.2, 0.25) is 11.8 Å². The molecular formula is C21H20Cl3N3O2. The van der Waals surface area contributed by atoms with Crippen LogP contribution in [0.4, 0.5) is 5.69 Å². The summed E-state index contributed by atoms with van der Waals surface area (Å²) in [5.41, 5.74) is 1.41. The first kappa shape index (κ1) is 21.7. The summed E-state index contributed by atoms with van der Waals surface area (Å²) in [5.74, 6) is -0.200. The summed E-state index contributed by atoms with van der Waals surface area (Å²) in [6, 6.07) is 12.3. The van der Waals surface area contributed by atoms with Crippen molar-refractivity contribution in [3.8, 4) is 0 Å². The Balaban J connectivity index is 1.46. The number of anilines is 1. The van der Waals surface area contributed by atoms with Crippen LogP contribution in [0, 0.1) is 0 Å². The molecule has 2 aromatic carbocycles. The Morgan fingerprint density at radius 3 is 2.34 bits per heavy atom. The van der Waals surface area contributed by atoms with Crippen molar-refractivity contribution in [1.82, 2.24) is 9.80 Å². The molecule has 1 N–H and O–H groups in total. The maximum absolute atomic E-state index is 12.4. The Morgan fingerprint density at radius 2 is 1.66 bits per heavy atom. The van der Waals surface area contributed by atoms with Gasteiger partial charge < -0.3 is 10.2 Å². The van der Waals surface area contributed by atoms with E-state index < -0.39 is 0 Å². The highest BCUT2D eigenvalue weighted by molar-refractivity contribution is 6.42. The summed E-state index contributed by atoms with van der Waals surface area (Å²) in [7, 11) is 0. The number of hydrogen-bond donors (Lipinski definition) is 1. The van der Waals surface area contributed by atoms with Crippen molar-refractivity contribution < 1.29 is 9.59 Å². The van der Waals surface area contributed by atoms with Gasteiger partial charge in [-0.15, -0.1) is 0 Å². The third kappa shape index (κ3) is 6.21. The van der Waals surface area contributed by atoms with E-state index in [0.29, 0.717) is 46.9 Å². The van der Waals surface area contributed by atoms with Crippen LogP contribution in [0.25, 0.3) is 6.08 Å². The van der Waals surface area contributed by atoms with Crippen LogP contribution in [0.1, 0.15) is 5.56 Å². The summed E-state index contributed by atoms with van der Waals surface area (Å²) < 4.78 is 0. The molecule has 1 aliphatic heterocycles. The highest BCUT2D eigenvalue weighted by Gasteiger charge is 2.21. The van der Waals surface area contributed by atoms with Gasteiger partial charge in [-0.05, 0) is 35.9 Å². The average Bonchev–Trinajstić information content (AvgIpc) is 2.71. The number of nitrogens with zero attached hydrogens (tertiary/aromatic N) is 2. The molecule has 1 aliphatic rings. The maximum atomic E-state index is 12.4. The zero-order valence-electron chi connectivity index (χ0n) is 15.6. The van der Waals surface area contributed by atoms with Gasteiger partial charge in [-0.1, -0.05) is 53.0 Å². The lowest BCUT2D eigenvalue weighted by Crippen LogP contribution is -2.50. The number of rotatable bonds is 5. The Bertz CT molecular complexity index is 925. The highest BCUT2D eigenvalue weighted by atomic mass is 35.5. The maximum Gasteiger partial charge on any atom is 0.246 e. The third-order valence-electron chi connectivity index (χ3n) is 4.56. The molecular weight excluding hydrogens is 433 g/mol. The minimum atomic E-state index is -0.127. The molecule has 1 heterocycles. The molecule has 3 rings (SSSR count). The molecule has 0 unspecified atom stereocenters. The lowest BCUT2D eigenvalue weighted by Gasteiger charge is -2.33. The Hall–Kier alpha value is -2.05. The molecule has 0 radical (unpaired) electrons. The van der Waals surface area contributed by atoms with Crippen molar-refractivity contribution in [2.75, 3.05) is 38.0 Å². The van der Waals surface area contributed by atoms with E-state index in [-0.39, 0.29) is 18.4 Å². The fraction of sp³-hybridized carbons (Fsp3) is 0.238. The zero-order chi connectivity index (χ0) is 20.8. The summed E-state index contributed by atoms with van der Waals surface area (Å²) in [6.07, 6.45) is 3.24. The van der Waals surface area contributed by atoms with Crippen molar-refractivity contribution in [3.05, 3.63) is 69.2 Å². The molecule has 1 fully saturated rings. The SMILES string of the molecule is O=C(CN1CCN(C(=O)C=Cc2ccc(Cl)c(Cl)c2)CC1)Nc1ccccc1Cl. The van der Waals surface area contributed by atoms with Crippen LogP contribution in [0.3, 0.4) is 0 Å². The monoisotopic (exact) mass is 451 g/mol. The van der Waals surface area contributed by atoms with Gasteiger partial charge in [-0.2, -0.15) is 0 Å². The number of benzene rings is 2. The van der Waals surface area contributed by atoms with Gasteiger partial charge in [0.05, 0.1) is 27.3 Å². The molecule has 2 aromatic rings. The number of carbonyl (C=O) groups is 2. The van der Waals surface area contributed by atoms with E-state index in [9.17, 15) is 9.59 Å². The second kappa shape index (κ2) is 10.1. The van der Waals surface area contributed by atoms with E-state index in [0.717, 1.165) is 5.56 Å². The van der Waals surface area contributed by atoms with E-state index in [1.165, 1.54) is 6.08 Å². The van der Waals surface area contributed by atoms with Crippen molar-refractivity contribution in [2.24, 2.45) is 0 Å². The van der Waals surface area contributed by atoms with Gasteiger partial charge in [0, 0.05) is 32.3 Å². The molecule has 0 aromatic heterocycles. The predicted octanol–water partition coefficient (Wildman–Crippen LogP) is 4.44. The van der Waals surface area contributed by atoms with E-state index >= 15 is 0 Å². The fourth-order valence-electron chi connectivity index (χ4n) is 2.97. The first-order valence-corrected chi connectivity index (χ1v) is 10.2. The molecule has 8 heteroatoms. The Morgan fingerprint density at radius 1 is 0.931 bits per heavy atom. The Kier molecular flexibility index (Phi) is 7.56. The lowest BCUT2D eigenvalue weighted by atomic mass is 10.2. The number of halogens is 3. The summed E-state index contributed by atoms with van der Waals surface area (Å²) >= 11 is 17.9. The van der Waals surface area contributed by atoms with Crippen molar-refractivity contribution >= 4 is 58.4 Å². The van der Waals surface area contributed by atoms with Crippen LogP contribution in [0.15, 0.2) is 48.5 Å². The van der Waals surface area contributed by atoms with Crippen LogP contribution in [-0.2, 0) is 9.59 Å². The molecule has 0 spiro atoms. The van der Waals surface area contributed by atoms with Gasteiger partial charge in [-0.25, -0.2) is 0 Å². The van der Waals surface area contributed by atoms with E-state index in [2.05, 4.69) is 5.32 Å². The number of amides is 2. The summed E-state index contributed by atoms with van der Waals surface area (Å²) in [6.45, 7) is 2.63. The summed E-state index contributed by atoms with van der Waals surface area (Å²) in [4.78, 5) is 28.4. The molecule has 0 saturated carbocycles. The molecule has 2 amide bonds. The van der Waals surface area contributed by atoms with Crippen molar-refractivity contribution in [2.45, 2.75) is 0 Å². The summed E-state index contributed by atoms with van der Waals surface area (Å²) in [5, 5.41) is 4.24. The largest absolute Gasteiger partial charge is 0.337 e. The topological polar surface area (TPSA) is 52.7 Å². The van der Waals surface area contributed by atoms with Gasteiger partial charge >= 0.3 is 0 Å². The molecule has 1 saturated heterocycles. The Labute approximate surface area is 184 Å². The molecule has 29 heavy (non-hydrogen) atoms. The van der Waals surface area contributed by atoms with Crippen LogP contribution in [0.5, 0.6) is 0 Å². The van der Waals surface area contributed by atoms with E-state index in [1.807, 2.05) is 17.0 Å². The molecule has 0 atom stereocenters. The number of para-hydroxylation sites is 1. The number of carbonyl (C=O) groups excluding carboxylic acids is 2. The molecule has 0 aliphatic carbocycles. The van der Waals surface area contributed by atoms with E-state index in [1.54, 1.807) is 41.3 Å². The first-order chi connectivity index (χ1) is 13.9. The number of nitrogens with one attached hydrogen (secondary N) is 1. The van der Waals surface area contributed by atoms with Gasteiger partial charge in [0.25, 0.3) is 0 Å². The predicted molar refractivity (Wildman–Crippen MR) is 119 cm³/mol. The normalized spacial score (nSPS) is 14.9.